The maximum absolute atomic E-state index is 10.7. The first-order valence-corrected chi connectivity index (χ1v) is 10.1. The van der Waals surface area contributed by atoms with Gasteiger partial charge in [0.05, 0.1) is 13.5 Å². The van der Waals surface area contributed by atoms with Crippen LogP contribution in [0.2, 0.25) is 0 Å². The summed E-state index contributed by atoms with van der Waals surface area (Å²) < 4.78 is 4.48. The van der Waals surface area contributed by atoms with Crippen LogP contribution in [0.15, 0.2) is 0 Å². The van der Waals surface area contributed by atoms with Crippen molar-refractivity contribution >= 4 is 33.9 Å². The fourth-order valence-corrected chi connectivity index (χ4v) is 0.771. The second-order valence-electron chi connectivity index (χ2n) is 2.26. The third kappa shape index (κ3) is 9.60. The van der Waals surface area contributed by atoms with Crippen molar-refractivity contribution in [1.29, 1.82) is 0 Å². The number of rotatable bonds is 2. The molecule has 0 spiro atoms. The normalized spacial score (nSPS) is 15.7. The van der Waals surface area contributed by atoms with Gasteiger partial charge in [-0.2, -0.15) is 0 Å². The number of esters is 1. The number of ether oxygens (including phenoxy) is 1. The number of hydrogen-bond donors (Lipinski definition) is 0. The van der Waals surface area contributed by atoms with E-state index in [1.807, 2.05) is 25.7 Å². The van der Waals surface area contributed by atoms with E-state index in [4.69, 9.17) is 27.9 Å². The van der Waals surface area contributed by atoms with Gasteiger partial charge in [0.2, 0.25) is 0 Å². The summed E-state index contributed by atoms with van der Waals surface area (Å²) in [5.74, 6) is 0.818. The van der Waals surface area contributed by atoms with Crippen molar-refractivity contribution in [3.8, 4) is 0 Å². The van der Waals surface area contributed by atoms with Gasteiger partial charge in [-0.05, 0) is 31.6 Å². The zero-order valence-electron chi connectivity index (χ0n) is 7.47. The second-order valence-corrected chi connectivity index (χ2v) is 10.00. The minimum absolute atomic E-state index is 0.189. The molecule has 0 bridgehead atoms. The molecule has 77 valence electrons. The molecule has 1 saturated carbocycles. The fraction of sp³-hybridized carbons (Fsp3) is 0.250. The average Bonchev–Trinajstić information content (AvgIpc) is 2.55. The summed E-state index contributed by atoms with van der Waals surface area (Å²) in [6.45, 7) is 0. The van der Waals surface area contributed by atoms with Gasteiger partial charge < -0.3 is 4.74 Å². The Bertz CT molecular complexity index is 158. The van der Waals surface area contributed by atoms with Gasteiger partial charge in [-0.25, -0.2) is 0 Å². The molecule has 0 aromatic carbocycles. The van der Waals surface area contributed by atoms with E-state index in [-0.39, 0.29) is 5.97 Å². The second kappa shape index (κ2) is 9.29. The van der Waals surface area contributed by atoms with Gasteiger partial charge in [-0.1, -0.05) is 0 Å². The van der Waals surface area contributed by atoms with Crippen LogP contribution < -0.4 is 0 Å². The van der Waals surface area contributed by atoms with E-state index in [0.29, 0.717) is 6.42 Å². The Morgan fingerprint density at radius 3 is 2.14 bits per heavy atom. The van der Waals surface area contributed by atoms with Crippen LogP contribution in [0.5, 0.6) is 0 Å². The van der Waals surface area contributed by atoms with Crippen molar-refractivity contribution in [2.75, 3.05) is 7.11 Å². The summed E-state index contributed by atoms with van der Waals surface area (Å²) in [6.07, 6.45) is 7.98. The molecule has 0 aliphatic heterocycles. The van der Waals surface area contributed by atoms with E-state index in [1.54, 1.807) is 0 Å². The van der Waals surface area contributed by atoms with Crippen molar-refractivity contribution in [3.05, 3.63) is 31.6 Å². The molecule has 0 aromatic heterocycles. The number of halogens is 3. The van der Waals surface area contributed by atoms with E-state index < -0.39 is 14.7 Å². The Balaban J connectivity index is 0.000000364. The van der Waals surface area contributed by atoms with Crippen LogP contribution in [-0.2, 0) is 24.2 Å². The van der Waals surface area contributed by atoms with Crippen LogP contribution in [0, 0.1) is 31.6 Å². The molecule has 0 amide bonds. The Kier molecular flexibility index (Phi) is 9.99. The standard InChI is InChI=1S/C8H9O2.3ClH.Ti/c1-10-8(9)6-7-4-2-3-5-7;;;;/h2-5H,6H2,1H3;3*1H;/q;;;;+4/p-3. The van der Waals surface area contributed by atoms with Crippen molar-refractivity contribution < 1.29 is 24.2 Å². The van der Waals surface area contributed by atoms with Crippen molar-refractivity contribution in [2.45, 2.75) is 6.42 Å². The van der Waals surface area contributed by atoms with Crippen LogP contribution >= 0.6 is 27.9 Å². The van der Waals surface area contributed by atoms with Gasteiger partial charge in [0.15, 0.2) is 0 Å². The monoisotopic (exact) mass is 290 g/mol. The van der Waals surface area contributed by atoms with Crippen molar-refractivity contribution in [2.24, 2.45) is 0 Å². The molecule has 0 unspecified atom stereocenters. The number of carbonyl (C=O) groups is 1. The van der Waals surface area contributed by atoms with E-state index in [1.165, 1.54) is 7.11 Å². The summed E-state index contributed by atoms with van der Waals surface area (Å²) >= 11 is -1.92. The van der Waals surface area contributed by atoms with E-state index in [2.05, 4.69) is 4.74 Å². The minimum atomic E-state index is -1.92. The van der Waals surface area contributed by atoms with Crippen LogP contribution in [0.1, 0.15) is 6.42 Å². The van der Waals surface area contributed by atoms with E-state index in [9.17, 15) is 4.79 Å². The Labute approximate surface area is 103 Å². The zero-order chi connectivity index (χ0) is 11.0. The summed E-state index contributed by atoms with van der Waals surface area (Å²) in [4.78, 5) is 10.7. The predicted molar refractivity (Wildman–Crippen MR) is 54.6 cm³/mol. The molecule has 0 aromatic rings. The first kappa shape index (κ1) is 15.1. The summed E-state index contributed by atoms with van der Waals surface area (Å²) in [5.41, 5.74) is 0. The van der Waals surface area contributed by atoms with Gasteiger partial charge in [-0.3, -0.25) is 4.79 Å². The van der Waals surface area contributed by atoms with E-state index in [0.717, 1.165) is 5.92 Å². The zero-order valence-corrected chi connectivity index (χ0v) is 11.3. The molecular formula is C8H9Cl3O2Ti+. The van der Waals surface area contributed by atoms with Crippen LogP contribution in [0.4, 0.5) is 0 Å². The van der Waals surface area contributed by atoms with Gasteiger partial charge in [0.25, 0.3) is 0 Å². The molecule has 1 aliphatic carbocycles. The molecule has 0 atom stereocenters. The Morgan fingerprint density at radius 1 is 1.36 bits per heavy atom. The van der Waals surface area contributed by atoms with Crippen LogP contribution in [0.3, 0.4) is 0 Å². The predicted octanol–water partition coefficient (Wildman–Crippen LogP) is 3.02. The van der Waals surface area contributed by atoms with Crippen molar-refractivity contribution in [1.82, 2.24) is 0 Å². The number of carbonyl (C=O) groups excluding carboxylic acids is 1. The maximum atomic E-state index is 10.7. The number of methoxy groups -OCH3 is 1. The molecule has 5 radical (unpaired) electrons. The van der Waals surface area contributed by atoms with Gasteiger partial charge >= 0.3 is 48.6 Å². The molecule has 0 saturated heterocycles. The third-order valence-corrected chi connectivity index (χ3v) is 1.31. The molecule has 2 nitrogen and oxygen atoms in total. The summed E-state index contributed by atoms with van der Waals surface area (Å²) in [7, 11) is 16.3. The van der Waals surface area contributed by atoms with Crippen LogP contribution in [-0.4, -0.2) is 13.1 Å². The average molecular weight is 291 g/mol. The molecule has 0 N–H and O–H groups in total. The molecule has 14 heavy (non-hydrogen) atoms. The van der Waals surface area contributed by atoms with E-state index >= 15 is 0 Å². The Hall–Kier alpha value is 1.05. The third-order valence-electron chi connectivity index (χ3n) is 1.31. The molecule has 1 fully saturated rings. The molecule has 1 rings (SSSR count). The first-order valence-electron chi connectivity index (χ1n) is 3.67. The molecule has 1 aliphatic rings. The Morgan fingerprint density at radius 2 is 1.79 bits per heavy atom. The van der Waals surface area contributed by atoms with Crippen molar-refractivity contribution in [3.63, 3.8) is 0 Å². The fourth-order valence-electron chi connectivity index (χ4n) is 0.771. The topological polar surface area (TPSA) is 26.3 Å². The summed E-state index contributed by atoms with van der Waals surface area (Å²) in [6, 6.07) is 0. The molecule has 0 heterocycles. The van der Waals surface area contributed by atoms with Gasteiger partial charge in [0.1, 0.15) is 0 Å². The first-order chi connectivity index (χ1) is 6.56. The molecule has 6 heteroatoms. The molecular weight excluding hydrogens is 282 g/mol. The van der Waals surface area contributed by atoms with Crippen LogP contribution in [0.25, 0.3) is 0 Å². The van der Waals surface area contributed by atoms with Gasteiger partial charge in [-0.15, -0.1) is 0 Å². The SMILES string of the molecule is COC(=O)C[C]1[CH][CH][CH][CH]1.[Cl][Ti+]([Cl])[Cl]. The number of hydrogen-bond acceptors (Lipinski definition) is 2. The van der Waals surface area contributed by atoms with Gasteiger partial charge in [0, 0.05) is 0 Å². The quantitative estimate of drug-likeness (QED) is 0.577. The summed E-state index contributed by atoms with van der Waals surface area (Å²) in [5, 5.41) is 0.